The third-order valence-electron chi connectivity index (χ3n) is 2.12. The summed E-state index contributed by atoms with van der Waals surface area (Å²) in [5, 5.41) is 19.7. The van der Waals surface area contributed by atoms with E-state index in [1.807, 2.05) is 0 Å². The maximum atomic E-state index is 10.4. The lowest BCUT2D eigenvalue weighted by Gasteiger charge is -2.33. The highest BCUT2D eigenvalue weighted by molar-refractivity contribution is 5.67. The van der Waals surface area contributed by atoms with Gasteiger partial charge in [0.25, 0.3) is 0 Å². The van der Waals surface area contributed by atoms with E-state index in [9.17, 15) is 15.0 Å². The van der Waals surface area contributed by atoms with Crippen LogP contribution < -0.4 is 5.11 Å². The van der Waals surface area contributed by atoms with Crippen molar-refractivity contribution in [3.63, 3.8) is 0 Å². The lowest BCUT2D eigenvalue weighted by molar-refractivity contribution is -0.871. The Morgan fingerprint density at radius 2 is 2.58 bits per heavy atom. The maximum Gasteiger partial charge on any atom is 0.193 e. The summed E-state index contributed by atoms with van der Waals surface area (Å²) in [4.78, 5) is 14.3. The van der Waals surface area contributed by atoms with Crippen molar-refractivity contribution in [1.29, 1.82) is 0 Å². The van der Waals surface area contributed by atoms with Gasteiger partial charge in [0.05, 0.1) is 12.5 Å². The molecule has 0 amide bonds. The fourth-order valence-electron chi connectivity index (χ4n) is 1.30. The zero-order valence-corrected chi connectivity index (χ0v) is 6.93. The predicted molar refractivity (Wildman–Crippen MR) is 40.0 cm³/mol. The van der Waals surface area contributed by atoms with Gasteiger partial charge in [0.1, 0.15) is 13.1 Å². The van der Waals surface area contributed by atoms with Gasteiger partial charge in [0, 0.05) is 6.92 Å². The quantitative estimate of drug-likeness (QED) is 0.497. The molecule has 0 aliphatic carbocycles. The van der Waals surface area contributed by atoms with Crippen molar-refractivity contribution < 1.29 is 19.5 Å². The topological polar surface area (TPSA) is 72.7 Å². The number of carbonyl (C=O) groups excluding carboxylic acids is 1. The van der Waals surface area contributed by atoms with Gasteiger partial charge in [-0.25, -0.2) is 4.99 Å². The molecule has 0 fully saturated rings. The van der Waals surface area contributed by atoms with E-state index in [2.05, 4.69) is 4.99 Å². The van der Waals surface area contributed by atoms with Crippen LogP contribution in [0.5, 0.6) is 0 Å². The Labute approximate surface area is 70.5 Å². The Balaban J connectivity index is 2.73. The molecule has 1 rings (SSSR count). The number of carbonyl (C=O) groups is 1. The second-order valence-corrected chi connectivity index (χ2v) is 3.01. The summed E-state index contributed by atoms with van der Waals surface area (Å²) < 4.78 is -0.0116. The largest absolute Gasteiger partial charge is 0.544 e. The van der Waals surface area contributed by atoms with Crippen molar-refractivity contribution in [2.24, 2.45) is 4.99 Å². The van der Waals surface area contributed by atoms with Gasteiger partial charge in [-0.05, 0) is 0 Å². The van der Waals surface area contributed by atoms with Gasteiger partial charge in [0.15, 0.2) is 12.6 Å². The summed E-state index contributed by atoms with van der Waals surface area (Å²) in [5.41, 5.74) is 0. The molecule has 1 aliphatic heterocycles. The summed E-state index contributed by atoms with van der Waals surface area (Å²) in [7, 11) is 0. The molecule has 5 nitrogen and oxygen atoms in total. The molecule has 2 unspecified atom stereocenters. The van der Waals surface area contributed by atoms with Crippen LogP contribution >= 0.6 is 0 Å². The molecule has 1 N–H and O–H groups in total. The average Bonchev–Trinajstić information content (AvgIpc) is 2.35. The van der Waals surface area contributed by atoms with E-state index in [-0.39, 0.29) is 11.0 Å². The number of carboxylic acid groups (broad SMARTS) is 1. The number of aliphatic imine (C=N–C) groups is 1. The number of hydrogen-bond acceptors (Lipinski definition) is 4. The lowest BCUT2D eigenvalue weighted by Crippen LogP contribution is -2.57. The number of aliphatic hydroxyl groups is 1. The molecule has 68 valence electrons. The maximum absolute atomic E-state index is 10.4. The molecule has 12 heavy (non-hydrogen) atoms. The molecule has 0 saturated heterocycles. The number of aliphatic hydroxyl groups excluding tert-OH is 1. The highest BCUT2D eigenvalue weighted by Gasteiger charge is 2.34. The monoisotopic (exact) mass is 172 g/mol. The third kappa shape index (κ3) is 1.62. The van der Waals surface area contributed by atoms with Crippen LogP contribution in [0.1, 0.15) is 6.92 Å². The minimum atomic E-state index is -1.16. The summed E-state index contributed by atoms with van der Waals surface area (Å²) >= 11 is 0. The molecule has 1 heterocycles. The molecular formula is C7H12N2O3. The van der Waals surface area contributed by atoms with Gasteiger partial charge < -0.3 is 15.0 Å². The molecule has 1 aliphatic rings. The van der Waals surface area contributed by atoms with Gasteiger partial charge in [-0.15, -0.1) is 0 Å². The fourth-order valence-corrected chi connectivity index (χ4v) is 1.30. The summed E-state index contributed by atoms with van der Waals surface area (Å²) in [5.74, 6) is -1.16. The first kappa shape index (κ1) is 9.15. The minimum Gasteiger partial charge on any atom is -0.544 e. The Morgan fingerprint density at radius 3 is 2.92 bits per heavy atom. The summed E-state index contributed by atoms with van der Waals surface area (Å²) in [6.45, 7) is 2.45. The van der Waals surface area contributed by atoms with Crippen molar-refractivity contribution in [3.05, 3.63) is 0 Å². The fraction of sp³-hybridized carbons (Fsp3) is 0.714. The van der Waals surface area contributed by atoms with Gasteiger partial charge in [-0.1, -0.05) is 0 Å². The van der Waals surface area contributed by atoms with Crippen LogP contribution in [-0.4, -0.2) is 47.8 Å². The van der Waals surface area contributed by atoms with Crippen molar-refractivity contribution >= 4 is 12.3 Å². The predicted octanol–water partition coefficient (Wildman–Crippen LogP) is -2.07. The highest BCUT2D eigenvalue weighted by atomic mass is 16.4. The Bertz CT molecular complexity index is 215. The van der Waals surface area contributed by atoms with E-state index in [1.54, 1.807) is 6.92 Å². The number of aliphatic carboxylic acids is 1. The Hall–Kier alpha value is -0.940. The van der Waals surface area contributed by atoms with Crippen LogP contribution in [0.3, 0.4) is 0 Å². The highest BCUT2D eigenvalue weighted by Crippen LogP contribution is 2.12. The van der Waals surface area contributed by atoms with Crippen molar-refractivity contribution in [2.45, 2.75) is 13.2 Å². The molecular weight excluding hydrogens is 160 g/mol. The van der Waals surface area contributed by atoms with E-state index in [1.165, 1.54) is 6.34 Å². The van der Waals surface area contributed by atoms with Crippen molar-refractivity contribution in [2.75, 3.05) is 19.6 Å². The third-order valence-corrected chi connectivity index (χ3v) is 2.12. The minimum absolute atomic E-state index is 0.0116. The summed E-state index contributed by atoms with van der Waals surface area (Å²) in [6.07, 6.45) is 0.745. The molecule has 0 spiro atoms. The van der Waals surface area contributed by atoms with Crippen LogP contribution in [0.2, 0.25) is 0 Å². The molecule has 2 atom stereocenters. The van der Waals surface area contributed by atoms with Crippen LogP contribution in [0.15, 0.2) is 4.99 Å². The van der Waals surface area contributed by atoms with E-state index < -0.39 is 12.2 Å². The SMILES string of the molecule is CC(O)[N+]1(CC(=O)[O-])C=NCC1. The molecule has 0 bridgehead atoms. The molecule has 0 aromatic heterocycles. The zero-order valence-electron chi connectivity index (χ0n) is 6.93. The van der Waals surface area contributed by atoms with Gasteiger partial charge in [-0.2, -0.15) is 0 Å². The average molecular weight is 172 g/mol. The second-order valence-electron chi connectivity index (χ2n) is 3.01. The first-order valence-electron chi connectivity index (χ1n) is 3.82. The van der Waals surface area contributed by atoms with E-state index in [0.717, 1.165) is 0 Å². The van der Waals surface area contributed by atoms with Gasteiger partial charge in [0.2, 0.25) is 0 Å². The standard InChI is InChI=1S/C7H12N2O3/c1-6(10)9(4-7(11)12)3-2-8-5-9/h5-6,10H,2-4H2,1H3. The van der Waals surface area contributed by atoms with Gasteiger partial charge in [-0.3, -0.25) is 4.48 Å². The summed E-state index contributed by atoms with van der Waals surface area (Å²) in [6, 6.07) is 0. The first-order valence-corrected chi connectivity index (χ1v) is 3.82. The van der Waals surface area contributed by atoms with Crippen molar-refractivity contribution in [3.8, 4) is 0 Å². The van der Waals surface area contributed by atoms with Crippen LogP contribution in [0.25, 0.3) is 0 Å². The van der Waals surface area contributed by atoms with Crippen molar-refractivity contribution in [1.82, 2.24) is 0 Å². The molecule has 0 aromatic carbocycles. The number of hydrogen-bond donors (Lipinski definition) is 1. The Kier molecular flexibility index (Phi) is 2.44. The van der Waals surface area contributed by atoms with E-state index in [0.29, 0.717) is 13.1 Å². The van der Waals surface area contributed by atoms with Crippen LogP contribution in [-0.2, 0) is 4.79 Å². The van der Waals surface area contributed by atoms with Gasteiger partial charge >= 0.3 is 0 Å². The normalized spacial score (nSPS) is 30.5. The van der Waals surface area contributed by atoms with Crippen LogP contribution in [0, 0.1) is 0 Å². The zero-order chi connectivity index (χ0) is 9.19. The smallest absolute Gasteiger partial charge is 0.193 e. The molecule has 0 saturated carbocycles. The second kappa shape index (κ2) is 3.20. The molecule has 0 aromatic rings. The van der Waals surface area contributed by atoms with E-state index in [4.69, 9.17) is 0 Å². The lowest BCUT2D eigenvalue weighted by atomic mass is 10.3. The molecule has 0 radical (unpaired) electrons. The number of rotatable bonds is 3. The first-order chi connectivity index (χ1) is 5.57. The van der Waals surface area contributed by atoms with Crippen LogP contribution in [0.4, 0.5) is 0 Å². The number of nitrogens with zero attached hydrogens (tertiary/aromatic N) is 2. The number of quaternary nitrogens is 1. The van der Waals surface area contributed by atoms with E-state index >= 15 is 0 Å². The molecule has 5 heteroatoms. The number of carboxylic acids is 1. The Morgan fingerprint density at radius 1 is 1.92 bits per heavy atom.